The summed E-state index contributed by atoms with van der Waals surface area (Å²) in [6.45, 7) is 9.10. The number of amides is 1. The molecule has 2 unspecified atom stereocenters. The van der Waals surface area contributed by atoms with Crippen molar-refractivity contribution in [2.45, 2.75) is 59.4 Å². The van der Waals surface area contributed by atoms with Gasteiger partial charge in [0.1, 0.15) is 0 Å². The van der Waals surface area contributed by atoms with Gasteiger partial charge in [0.05, 0.1) is 6.04 Å². The lowest BCUT2D eigenvalue weighted by atomic mass is 9.96. The maximum absolute atomic E-state index is 12.1. The number of aryl methyl sites for hydroxylation is 2. The van der Waals surface area contributed by atoms with Gasteiger partial charge in [-0.05, 0) is 57.2 Å². The number of nitrogens with two attached hydrogens (primary N) is 1. The van der Waals surface area contributed by atoms with Gasteiger partial charge in [0.2, 0.25) is 5.91 Å². The SMILES string of the molecule is CCC(CCN)CCC(=O)NC(C)c1ccc(C)cc1C. The van der Waals surface area contributed by atoms with Gasteiger partial charge >= 0.3 is 0 Å². The molecule has 3 nitrogen and oxygen atoms in total. The van der Waals surface area contributed by atoms with E-state index in [0.29, 0.717) is 18.9 Å². The van der Waals surface area contributed by atoms with E-state index in [-0.39, 0.29) is 11.9 Å². The van der Waals surface area contributed by atoms with Crippen molar-refractivity contribution in [3.63, 3.8) is 0 Å². The number of carbonyl (C=O) groups is 1. The molecule has 2 atom stereocenters. The molecule has 0 saturated carbocycles. The van der Waals surface area contributed by atoms with Crippen molar-refractivity contribution < 1.29 is 4.79 Å². The van der Waals surface area contributed by atoms with Crippen LogP contribution in [-0.2, 0) is 4.79 Å². The van der Waals surface area contributed by atoms with Crippen LogP contribution in [0.4, 0.5) is 0 Å². The summed E-state index contributed by atoms with van der Waals surface area (Å²) >= 11 is 0. The van der Waals surface area contributed by atoms with Gasteiger partial charge in [-0.3, -0.25) is 4.79 Å². The lowest BCUT2D eigenvalue weighted by Gasteiger charge is -2.18. The molecule has 0 radical (unpaired) electrons. The van der Waals surface area contributed by atoms with E-state index < -0.39 is 0 Å². The smallest absolute Gasteiger partial charge is 0.220 e. The minimum Gasteiger partial charge on any atom is -0.350 e. The number of hydrogen-bond donors (Lipinski definition) is 2. The van der Waals surface area contributed by atoms with Crippen LogP contribution in [-0.4, -0.2) is 12.5 Å². The summed E-state index contributed by atoms with van der Waals surface area (Å²) < 4.78 is 0. The van der Waals surface area contributed by atoms with Crippen LogP contribution in [0.2, 0.25) is 0 Å². The molecule has 1 amide bonds. The fraction of sp³-hybridized carbons (Fsp3) is 0.611. The summed E-state index contributed by atoms with van der Waals surface area (Å²) in [6.07, 6.45) is 3.63. The fourth-order valence-electron chi connectivity index (χ4n) is 2.83. The Hall–Kier alpha value is -1.35. The Labute approximate surface area is 129 Å². The lowest BCUT2D eigenvalue weighted by molar-refractivity contribution is -0.122. The maximum atomic E-state index is 12.1. The summed E-state index contributed by atoms with van der Waals surface area (Å²) in [6, 6.07) is 6.43. The highest BCUT2D eigenvalue weighted by molar-refractivity contribution is 5.76. The van der Waals surface area contributed by atoms with Gasteiger partial charge in [-0.2, -0.15) is 0 Å². The van der Waals surface area contributed by atoms with Gasteiger partial charge in [0, 0.05) is 6.42 Å². The topological polar surface area (TPSA) is 55.1 Å². The Morgan fingerprint density at radius 3 is 2.57 bits per heavy atom. The van der Waals surface area contributed by atoms with Gasteiger partial charge in [0.15, 0.2) is 0 Å². The molecule has 0 heterocycles. The minimum absolute atomic E-state index is 0.0627. The van der Waals surface area contributed by atoms with Gasteiger partial charge in [-0.15, -0.1) is 0 Å². The Morgan fingerprint density at radius 2 is 2.00 bits per heavy atom. The molecule has 0 aromatic heterocycles. The van der Waals surface area contributed by atoms with E-state index in [2.05, 4.69) is 44.3 Å². The molecule has 0 bridgehead atoms. The molecule has 0 fully saturated rings. The summed E-state index contributed by atoms with van der Waals surface area (Å²) in [5.41, 5.74) is 9.28. The summed E-state index contributed by atoms with van der Waals surface area (Å²) in [4.78, 5) is 12.1. The predicted molar refractivity (Wildman–Crippen MR) is 89.2 cm³/mol. The molecule has 0 saturated heterocycles. The number of benzene rings is 1. The first-order valence-electron chi connectivity index (χ1n) is 8.04. The zero-order valence-corrected chi connectivity index (χ0v) is 13.9. The van der Waals surface area contributed by atoms with Gasteiger partial charge in [-0.1, -0.05) is 37.1 Å². The van der Waals surface area contributed by atoms with E-state index in [0.717, 1.165) is 19.3 Å². The molecule has 3 heteroatoms. The summed E-state index contributed by atoms with van der Waals surface area (Å²) in [5.74, 6) is 0.704. The maximum Gasteiger partial charge on any atom is 0.220 e. The standard InChI is InChI=1S/C18H30N2O/c1-5-16(10-11-19)7-9-18(21)20-15(4)17-8-6-13(2)12-14(17)3/h6,8,12,15-16H,5,7,9-11,19H2,1-4H3,(H,20,21). The van der Waals surface area contributed by atoms with Crippen LogP contribution >= 0.6 is 0 Å². The average Bonchev–Trinajstić information content (AvgIpc) is 2.43. The van der Waals surface area contributed by atoms with Crippen LogP contribution in [0.1, 0.15) is 62.3 Å². The Kier molecular flexibility index (Phi) is 7.44. The molecule has 0 aliphatic heterocycles. The average molecular weight is 290 g/mol. The van der Waals surface area contributed by atoms with Gasteiger partial charge in [-0.25, -0.2) is 0 Å². The van der Waals surface area contributed by atoms with Gasteiger partial charge in [0.25, 0.3) is 0 Å². The van der Waals surface area contributed by atoms with Crippen molar-refractivity contribution in [3.05, 3.63) is 34.9 Å². The van der Waals surface area contributed by atoms with Crippen LogP contribution in [0, 0.1) is 19.8 Å². The molecule has 1 aromatic rings. The number of hydrogen-bond acceptors (Lipinski definition) is 2. The van der Waals surface area contributed by atoms with Crippen molar-refractivity contribution in [3.8, 4) is 0 Å². The van der Waals surface area contributed by atoms with Crippen LogP contribution in [0.3, 0.4) is 0 Å². The summed E-state index contributed by atoms with van der Waals surface area (Å²) in [5, 5.41) is 3.11. The van der Waals surface area contributed by atoms with E-state index in [1.165, 1.54) is 16.7 Å². The third kappa shape index (κ3) is 5.88. The molecule has 118 valence electrons. The third-order valence-electron chi connectivity index (χ3n) is 4.20. The zero-order chi connectivity index (χ0) is 15.8. The third-order valence-corrected chi connectivity index (χ3v) is 4.20. The molecule has 3 N–H and O–H groups in total. The van der Waals surface area contributed by atoms with E-state index in [4.69, 9.17) is 5.73 Å². The second-order valence-corrected chi connectivity index (χ2v) is 6.04. The van der Waals surface area contributed by atoms with Crippen LogP contribution in [0.5, 0.6) is 0 Å². The molecule has 0 aliphatic rings. The van der Waals surface area contributed by atoms with Crippen LogP contribution in [0.15, 0.2) is 18.2 Å². The van der Waals surface area contributed by atoms with Crippen LogP contribution in [0.25, 0.3) is 0 Å². The van der Waals surface area contributed by atoms with Crippen molar-refractivity contribution in [1.82, 2.24) is 5.32 Å². The Morgan fingerprint density at radius 1 is 1.29 bits per heavy atom. The normalized spacial score (nSPS) is 13.8. The van der Waals surface area contributed by atoms with Crippen LogP contribution < -0.4 is 11.1 Å². The van der Waals surface area contributed by atoms with Crippen molar-refractivity contribution in [2.24, 2.45) is 11.7 Å². The van der Waals surface area contributed by atoms with Crippen molar-refractivity contribution >= 4 is 5.91 Å². The van der Waals surface area contributed by atoms with E-state index in [9.17, 15) is 4.79 Å². The summed E-state index contributed by atoms with van der Waals surface area (Å²) in [7, 11) is 0. The quantitative estimate of drug-likeness (QED) is 0.768. The van der Waals surface area contributed by atoms with E-state index >= 15 is 0 Å². The molecule has 1 aromatic carbocycles. The second-order valence-electron chi connectivity index (χ2n) is 6.04. The largest absolute Gasteiger partial charge is 0.350 e. The molecule has 0 aliphatic carbocycles. The highest BCUT2D eigenvalue weighted by atomic mass is 16.1. The number of rotatable bonds is 8. The monoisotopic (exact) mass is 290 g/mol. The highest BCUT2D eigenvalue weighted by Gasteiger charge is 2.13. The fourth-order valence-corrected chi connectivity index (χ4v) is 2.83. The molecular formula is C18H30N2O. The Balaban J connectivity index is 2.50. The highest BCUT2D eigenvalue weighted by Crippen LogP contribution is 2.19. The zero-order valence-electron chi connectivity index (χ0n) is 13.9. The molecule has 1 rings (SSSR count). The van der Waals surface area contributed by atoms with Gasteiger partial charge < -0.3 is 11.1 Å². The first-order valence-corrected chi connectivity index (χ1v) is 8.04. The molecular weight excluding hydrogens is 260 g/mol. The Bertz CT molecular complexity index is 457. The van der Waals surface area contributed by atoms with E-state index in [1.807, 2.05) is 6.92 Å². The lowest BCUT2D eigenvalue weighted by Crippen LogP contribution is -2.27. The van der Waals surface area contributed by atoms with E-state index in [1.54, 1.807) is 0 Å². The first kappa shape index (κ1) is 17.7. The first-order chi connectivity index (χ1) is 9.97. The molecule has 0 spiro atoms. The molecule has 21 heavy (non-hydrogen) atoms. The predicted octanol–water partition coefficient (Wildman–Crippen LogP) is 3.64. The van der Waals surface area contributed by atoms with Crippen molar-refractivity contribution in [2.75, 3.05) is 6.54 Å². The second kappa shape index (κ2) is 8.83. The van der Waals surface area contributed by atoms with Crippen molar-refractivity contribution in [1.29, 1.82) is 0 Å². The number of nitrogens with one attached hydrogen (secondary N) is 1. The minimum atomic E-state index is 0.0627. The number of carbonyl (C=O) groups excluding carboxylic acids is 1.